The maximum absolute atomic E-state index is 6.00. The number of nitrogens with one attached hydrogen (secondary N) is 1. The summed E-state index contributed by atoms with van der Waals surface area (Å²) in [4.78, 5) is 0. The summed E-state index contributed by atoms with van der Waals surface area (Å²) in [5.41, 5.74) is 1.08. The lowest BCUT2D eigenvalue weighted by Gasteiger charge is -2.12. The van der Waals surface area contributed by atoms with Crippen LogP contribution in [-0.2, 0) is 6.54 Å². The molecule has 0 aromatic heterocycles. The van der Waals surface area contributed by atoms with Crippen LogP contribution in [0.1, 0.15) is 12.5 Å². The summed E-state index contributed by atoms with van der Waals surface area (Å²) in [6.45, 7) is 3.71. The fourth-order valence-corrected chi connectivity index (χ4v) is 2.41. The molecule has 0 aliphatic carbocycles. The van der Waals surface area contributed by atoms with Crippen molar-refractivity contribution < 1.29 is 4.74 Å². The largest absolute Gasteiger partial charge is 0.457 e. The number of halogens is 3. The second-order valence-electron chi connectivity index (χ2n) is 4.21. The normalized spacial score (nSPS) is 10.6. The Morgan fingerprint density at radius 3 is 2.60 bits per heavy atom. The Morgan fingerprint density at radius 2 is 1.90 bits per heavy atom. The van der Waals surface area contributed by atoms with E-state index in [9.17, 15) is 0 Å². The molecule has 0 heterocycles. The molecule has 0 fully saturated rings. The van der Waals surface area contributed by atoms with Crippen LogP contribution in [0.15, 0.2) is 40.9 Å². The molecule has 106 valence electrons. The highest BCUT2D eigenvalue weighted by Gasteiger charge is 2.07. The molecule has 2 nitrogen and oxygen atoms in total. The van der Waals surface area contributed by atoms with E-state index in [1.165, 1.54) is 0 Å². The van der Waals surface area contributed by atoms with Crippen LogP contribution in [0, 0.1) is 0 Å². The first-order valence-electron chi connectivity index (χ1n) is 6.22. The van der Waals surface area contributed by atoms with E-state index < -0.39 is 0 Å². The first kappa shape index (κ1) is 15.6. The summed E-state index contributed by atoms with van der Waals surface area (Å²) in [5, 5.41) is 4.29. The van der Waals surface area contributed by atoms with E-state index in [0.29, 0.717) is 15.8 Å². The van der Waals surface area contributed by atoms with E-state index in [-0.39, 0.29) is 0 Å². The van der Waals surface area contributed by atoms with Crippen LogP contribution in [-0.4, -0.2) is 6.54 Å². The average molecular weight is 375 g/mol. The van der Waals surface area contributed by atoms with E-state index in [1.807, 2.05) is 18.2 Å². The second-order valence-corrected chi connectivity index (χ2v) is 5.94. The third-order valence-electron chi connectivity index (χ3n) is 2.71. The fourth-order valence-electron chi connectivity index (χ4n) is 1.71. The minimum absolute atomic E-state index is 0.481. The zero-order valence-corrected chi connectivity index (χ0v) is 14.0. The van der Waals surface area contributed by atoms with E-state index in [0.717, 1.165) is 28.9 Å². The lowest BCUT2D eigenvalue weighted by Crippen LogP contribution is -2.12. The van der Waals surface area contributed by atoms with Crippen molar-refractivity contribution in [2.75, 3.05) is 6.54 Å². The summed E-state index contributed by atoms with van der Waals surface area (Å²) >= 11 is 15.4. The molecular formula is C15H14BrCl2NO. The molecule has 0 radical (unpaired) electrons. The summed E-state index contributed by atoms with van der Waals surface area (Å²) < 4.78 is 6.91. The van der Waals surface area contributed by atoms with Gasteiger partial charge in [0.15, 0.2) is 0 Å². The lowest BCUT2D eigenvalue weighted by molar-refractivity contribution is 0.473. The van der Waals surface area contributed by atoms with E-state index in [4.69, 9.17) is 27.9 Å². The van der Waals surface area contributed by atoms with Gasteiger partial charge in [-0.2, -0.15) is 0 Å². The van der Waals surface area contributed by atoms with Gasteiger partial charge in [0.2, 0.25) is 0 Å². The van der Waals surface area contributed by atoms with Crippen LogP contribution in [0.2, 0.25) is 10.0 Å². The standard InChI is InChI=1S/C15H14BrCl2NO/c1-2-19-9-10-7-11(16)3-6-15(10)20-12-4-5-13(17)14(18)8-12/h3-8,19H,2,9H2,1H3. The van der Waals surface area contributed by atoms with Gasteiger partial charge in [-0.05, 0) is 36.9 Å². The number of hydrogen-bond acceptors (Lipinski definition) is 2. The molecule has 1 N–H and O–H groups in total. The van der Waals surface area contributed by atoms with Crippen molar-refractivity contribution in [1.29, 1.82) is 0 Å². The quantitative estimate of drug-likeness (QED) is 0.729. The molecule has 0 saturated carbocycles. The molecule has 0 saturated heterocycles. The smallest absolute Gasteiger partial charge is 0.131 e. The van der Waals surface area contributed by atoms with Crippen molar-refractivity contribution in [3.8, 4) is 11.5 Å². The van der Waals surface area contributed by atoms with Crippen molar-refractivity contribution >= 4 is 39.1 Å². The Kier molecular flexibility index (Phi) is 5.73. The second kappa shape index (κ2) is 7.32. The van der Waals surface area contributed by atoms with Crippen molar-refractivity contribution in [3.63, 3.8) is 0 Å². The van der Waals surface area contributed by atoms with Crippen LogP contribution < -0.4 is 10.1 Å². The predicted molar refractivity (Wildman–Crippen MR) is 88.1 cm³/mol. The molecule has 0 aliphatic rings. The zero-order valence-electron chi connectivity index (χ0n) is 10.9. The van der Waals surface area contributed by atoms with E-state index in [1.54, 1.807) is 18.2 Å². The van der Waals surface area contributed by atoms with Crippen LogP contribution in [0.3, 0.4) is 0 Å². The van der Waals surface area contributed by atoms with Crippen molar-refractivity contribution in [2.24, 2.45) is 0 Å². The SMILES string of the molecule is CCNCc1cc(Br)ccc1Oc1ccc(Cl)c(Cl)c1. The van der Waals surface area contributed by atoms with Gasteiger partial charge in [-0.1, -0.05) is 46.1 Å². The maximum Gasteiger partial charge on any atom is 0.131 e. The van der Waals surface area contributed by atoms with Crippen LogP contribution >= 0.6 is 39.1 Å². The first-order chi connectivity index (χ1) is 9.60. The Hall–Kier alpha value is -0.740. The van der Waals surface area contributed by atoms with Crippen LogP contribution in [0.25, 0.3) is 0 Å². The third kappa shape index (κ3) is 4.13. The topological polar surface area (TPSA) is 21.3 Å². The number of benzene rings is 2. The molecule has 0 amide bonds. The van der Waals surface area contributed by atoms with Gasteiger partial charge in [0.05, 0.1) is 10.0 Å². The fraction of sp³-hybridized carbons (Fsp3) is 0.200. The zero-order chi connectivity index (χ0) is 14.5. The molecule has 2 aromatic rings. The molecule has 0 bridgehead atoms. The van der Waals surface area contributed by atoms with Gasteiger partial charge in [-0.3, -0.25) is 0 Å². The molecule has 2 aromatic carbocycles. The van der Waals surface area contributed by atoms with Gasteiger partial charge in [0.1, 0.15) is 11.5 Å². The minimum Gasteiger partial charge on any atom is -0.457 e. The molecule has 0 atom stereocenters. The van der Waals surface area contributed by atoms with Gasteiger partial charge in [-0.15, -0.1) is 0 Å². The summed E-state index contributed by atoms with van der Waals surface area (Å²) in [6, 6.07) is 11.1. The van der Waals surface area contributed by atoms with E-state index >= 15 is 0 Å². The maximum atomic E-state index is 6.00. The molecule has 5 heteroatoms. The first-order valence-corrected chi connectivity index (χ1v) is 7.77. The number of rotatable bonds is 5. The highest BCUT2D eigenvalue weighted by molar-refractivity contribution is 9.10. The van der Waals surface area contributed by atoms with Gasteiger partial charge in [0.25, 0.3) is 0 Å². The van der Waals surface area contributed by atoms with Crippen LogP contribution in [0.5, 0.6) is 11.5 Å². The highest BCUT2D eigenvalue weighted by Crippen LogP contribution is 2.32. The molecule has 0 aliphatic heterocycles. The van der Waals surface area contributed by atoms with Crippen LogP contribution in [0.4, 0.5) is 0 Å². The summed E-state index contributed by atoms with van der Waals surface area (Å²) in [5.74, 6) is 1.46. The Morgan fingerprint density at radius 1 is 1.10 bits per heavy atom. The average Bonchev–Trinajstić information content (AvgIpc) is 2.43. The van der Waals surface area contributed by atoms with E-state index in [2.05, 4.69) is 28.2 Å². The Labute approximate surface area is 137 Å². The van der Waals surface area contributed by atoms with Gasteiger partial charge >= 0.3 is 0 Å². The number of hydrogen-bond donors (Lipinski definition) is 1. The highest BCUT2D eigenvalue weighted by atomic mass is 79.9. The minimum atomic E-state index is 0.481. The summed E-state index contributed by atoms with van der Waals surface area (Å²) in [6.07, 6.45) is 0. The Balaban J connectivity index is 2.25. The molecule has 20 heavy (non-hydrogen) atoms. The predicted octanol–water partition coefficient (Wildman–Crippen LogP) is 5.66. The molecule has 0 spiro atoms. The molecule has 0 unspecified atom stereocenters. The Bertz CT molecular complexity index is 604. The van der Waals surface area contributed by atoms with Crippen molar-refractivity contribution in [2.45, 2.75) is 13.5 Å². The lowest BCUT2D eigenvalue weighted by atomic mass is 10.2. The molecule has 2 rings (SSSR count). The monoisotopic (exact) mass is 373 g/mol. The van der Waals surface area contributed by atoms with Gasteiger partial charge in [-0.25, -0.2) is 0 Å². The number of ether oxygens (including phenoxy) is 1. The third-order valence-corrected chi connectivity index (χ3v) is 3.94. The molecular weight excluding hydrogens is 361 g/mol. The van der Waals surface area contributed by atoms with Gasteiger partial charge < -0.3 is 10.1 Å². The van der Waals surface area contributed by atoms with Crippen molar-refractivity contribution in [1.82, 2.24) is 5.32 Å². The van der Waals surface area contributed by atoms with Crippen molar-refractivity contribution in [3.05, 3.63) is 56.5 Å². The van der Waals surface area contributed by atoms with Gasteiger partial charge in [0, 0.05) is 22.6 Å². The summed E-state index contributed by atoms with van der Waals surface area (Å²) in [7, 11) is 0.